The van der Waals surface area contributed by atoms with E-state index < -0.39 is 11.0 Å². The molecule has 1 aromatic carbocycles. The van der Waals surface area contributed by atoms with Gasteiger partial charge in [0.2, 0.25) is 0 Å². The third-order valence-electron chi connectivity index (χ3n) is 1.91. The number of aliphatic hydroxyl groups excluding tert-OH is 1. The Balaban J connectivity index is 2.85. The highest BCUT2D eigenvalue weighted by molar-refractivity contribution is 5.88. The van der Waals surface area contributed by atoms with Crippen molar-refractivity contribution >= 4 is 17.5 Å². The Morgan fingerprint density at radius 1 is 1.59 bits per heavy atom. The first-order chi connectivity index (χ1) is 8.04. The van der Waals surface area contributed by atoms with Crippen molar-refractivity contribution in [3.63, 3.8) is 0 Å². The molecule has 0 aromatic heterocycles. The highest BCUT2D eigenvalue weighted by Crippen LogP contribution is 2.25. The number of carbonyl (C=O) groups is 1. The van der Waals surface area contributed by atoms with Crippen LogP contribution in [0.5, 0.6) is 0 Å². The molecule has 0 unspecified atom stereocenters. The van der Waals surface area contributed by atoms with Gasteiger partial charge in [-0.1, -0.05) is 6.07 Å². The summed E-state index contributed by atoms with van der Waals surface area (Å²) >= 11 is 0. The third kappa shape index (κ3) is 3.72. The Kier molecular flexibility index (Phi) is 4.41. The van der Waals surface area contributed by atoms with Crippen molar-refractivity contribution in [2.24, 2.45) is 0 Å². The van der Waals surface area contributed by atoms with Gasteiger partial charge in [0.05, 0.1) is 11.5 Å². The fourth-order valence-corrected chi connectivity index (χ4v) is 1.19. The van der Waals surface area contributed by atoms with Crippen molar-refractivity contribution in [2.75, 3.05) is 18.5 Å². The first-order valence-corrected chi connectivity index (χ1v) is 4.84. The van der Waals surface area contributed by atoms with Gasteiger partial charge >= 0.3 is 6.09 Å². The molecule has 1 amide bonds. The van der Waals surface area contributed by atoms with E-state index in [4.69, 9.17) is 5.11 Å². The van der Waals surface area contributed by atoms with Crippen LogP contribution in [0.2, 0.25) is 0 Å². The lowest BCUT2D eigenvalue weighted by molar-refractivity contribution is -0.383. The topological polar surface area (TPSA) is 102 Å². The van der Waals surface area contributed by atoms with Gasteiger partial charge in [0.25, 0.3) is 5.69 Å². The molecule has 1 rings (SSSR count). The van der Waals surface area contributed by atoms with Gasteiger partial charge in [-0.2, -0.15) is 0 Å². The number of benzene rings is 1. The van der Waals surface area contributed by atoms with Gasteiger partial charge in [-0.15, -0.1) is 0 Å². The molecule has 0 aliphatic heterocycles. The average Bonchev–Trinajstić information content (AvgIpc) is 2.26. The van der Waals surface area contributed by atoms with Gasteiger partial charge in [-0.3, -0.25) is 15.4 Å². The minimum absolute atomic E-state index is 0.0675. The lowest BCUT2D eigenvalue weighted by Crippen LogP contribution is -2.16. The second-order valence-corrected chi connectivity index (χ2v) is 3.26. The zero-order valence-corrected chi connectivity index (χ0v) is 9.17. The number of nitro benzene ring substituents is 1. The van der Waals surface area contributed by atoms with Gasteiger partial charge in [0.1, 0.15) is 12.3 Å². The fraction of sp³-hybridized carbons (Fsp3) is 0.300. The maximum Gasteiger partial charge on any atom is 0.411 e. The van der Waals surface area contributed by atoms with E-state index in [1.807, 2.05) is 0 Å². The smallest absolute Gasteiger partial charge is 0.411 e. The molecule has 0 heterocycles. The van der Waals surface area contributed by atoms with Crippen molar-refractivity contribution in [1.29, 1.82) is 0 Å². The van der Waals surface area contributed by atoms with E-state index >= 15 is 0 Å². The lowest BCUT2D eigenvalue weighted by atomic mass is 10.2. The van der Waals surface area contributed by atoms with Crippen LogP contribution in [0.3, 0.4) is 0 Å². The van der Waals surface area contributed by atoms with Crippen LogP contribution in [-0.2, 0) is 4.74 Å². The maximum absolute atomic E-state index is 11.2. The van der Waals surface area contributed by atoms with E-state index in [1.54, 1.807) is 13.0 Å². The van der Waals surface area contributed by atoms with Crippen LogP contribution < -0.4 is 5.32 Å². The average molecular weight is 240 g/mol. The molecule has 0 fully saturated rings. The standard InChI is InChI=1S/C10H12N2O5/c1-7-2-3-9(12(15)16)8(6-7)11-10(14)17-5-4-13/h2-3,6,13H,4-5H2,1H3,(H,11,14). The molecule has 0 atom stereocenters. The third-order valence-corrected chi connectivity index (χ3v) is 1.91. The first-order valence-electron chi connectivity index (χ1n) is 4.84. The van der Waals surface area contributed by atoms with Crippen molar-refractivity contribution < 1.29 is 19.6 Å². The number of hydrogen-bond donors (Lipinski definition) is 2. The van der Waals surface area contributed by atoms with Crippen LogP contribution >= 0.6 is 0 Å². The SMILES string of the molecule is Cc1ccc([N+](=O)[O-])c(NC(=O)OCCO)c1. The molecule has 0 saturated carbocycles. The number of aryl methyl sites for hydroxylation is 1. The summed E-state index contributed by atoms with van der Waals surface area (Å²) in [5.41, 5.74) is 0.627. The molecule has 0 bridgehead atoms. The summed E-state index contributed by atoms with van der Waals surface area (Å²) < 4.78 is 4.55. The molecule has 0 aliphatic rings. The van der Waals surface area contributed by atoms with Crippen LogP contribution in [0.15, 0.2) is 18.2 Å². The summed E-state index contributed by atoms with van der Waals surface area (Å²) in [4.78, 5) is 21.3. The number of rotatable bonds is 4. The maximum atomic E-state index is 11.2. The predicted octanol–water partition coefficient (Wildman–Crippen LogP) is 1.44. The molecule has 17 heavy (non-hydrogen) atoms. The Bertz CT molecular complexity index is 433. The van der Waals surface area contributed by atoms with Gasteiger partial charge in [0, 0.05) is 6.07 Å². The fourth-order valence-electron chi connectivity index (χ4n) is 1.19. The Morgan fingerprint density at radius 3 is 2.88 bits per heavy atom. The molecular weight excluding hydrogens is 228 g/mol. The lowest BCUT2D eigenvalue weighted by Gasteiger charge is -2.07. The van der Waals surface area contributed by atoms with Crippen LogP contribution in [0.25, 0.3) is 0 Å². The molecule has 0 spiro atoms. The molecule has 0 aliphatic carbocycles. The van der Waals surface area contributed by atoms with E-state index in [-0.39, 0.29) is 24.6 Å². The number of nitrogens with zero attached hydrogens (tertiary/aromatic N) is 1. The Hall–Kier alpha value is -2.15. The second-order valence-electron chi connectivity index (χ2n) is 3.26. The zero-order chi connectivity index (χ0) is 12.8. The van der Waals surface area contributed by atoms with E-state index in [1.165, 1.54) is 12.1 Å². The first kappa shape index (κ1) is 12.9. The Labute approximate surface area is 97.2 Å². The number of carbonyl (C=O) groups excluding carboxylic acids is 1. The highest BCUT2D eigenvalue weighted by Gasteiger charge is 2.16. The normalized spacial score (nSPS) is 9.76. The number of amides is 1. The number of hydrogen-bond acceptors (Lipinski definition) is 5. The van der Waals surface area contributed by atoms with Crippen LogP contribution in [0.4, 0.5) is 16.2 Å². The Morgan fingerprint density at radius 2 is 2.29 bits per heavy atom. The predicted molar refractivity (Wildman–Crippen MR) is 59.9 cm³/mol. The number of ether oxygens (including phenoxy) is 1. The van der Waals surface area contributed by atoms with Crippen molar-refractivity contribution in [1.82, 2.24) is 0 Å². The molecule has 0 saturated heterocycles. The highest BCUT2D eigenvalue weighted by atomic mass is 16.6. The van der Waals surface area contributed by atoms with Crippen molar-refractivity contribution in [2.45, 2.75) is 6.92 Å². The zero-order valence-electron chi connectivity index (χ0n) is 9.17. The van der Waals surface area contributed by atoms with E-state index in [0.29, 0.717) is 0 Å². The number of nitrogens with one attached hydrogen (secondary N) is 1. The molecule has 0 radical (unpaired) electrons. The van der Waals surface area contributed by atoms with Crippen LogP contribution in [0, 0.1) is 17.0 Å². The van der Waals surface area contributed by atoms with Crippen LogP contribution in [-0.4, -0.2) is 29.3 Å². The minimum atomic E-state index is -0.840. The summed E-state index contributed by atoms with van der Waals surface area (Å²) in [5.74, 6) is 0. The molecular formula is C10H12N2O5. The summed E-state index contributed by atoms with van der Waals surface area (Å²) in [5, 5.41) is 21.4. The van der Waals surface area contributed by atoms with Crippen molar-refractivity contribution in [3.8, 4) is 0 Å². The molecule has 2 N–H and O–H groups in total. The van der Waals surface area contributed by atoms with Gasteiger partial charge in [-0.25, -0.2) is 4.79 Å². The molecule has 1 aromatic rings. The van der Waals surface area contributed by atoms with E-state index in [0.717, 1.165) is 5.56 Å². The van der Waals surface area contributed by atoms with E-state index in [2.05, 4.69) is 10.1 Å². The van der Waals surface area contributed by atoms with Gasteiger partial charge < -0.3 is 9.84 Å². The van der Waals surface area contributed by atoms with Gasteiger partial charge in [-0.05, 0) is 18.6 Å². The second kappa shape index (κ2) is 5.80. The van der Waals surface area contributed by atoms with E-state index in [9.17, 15) is 14.9 Å². The summed E-state index contributed by atoms with van der Waals surface area (Å²) in [7, 11) is 0. The quantitative estimate of drug-likeness (QED) is 0.612. The van der Waals surface area contributed by atoms with Crippen LogP contribution in [0.1, 0.15) is 5.56 Å². The minimum Gasteiger partial charge on any atom is -0.447 e. The van der Waals surface area contributed by atoms with Crippen molar-refractivity contribution in [3.05, 3.63) is 33.9 Å². The monoisotopic (exact) mass is 240 g/mol. The van der Waals surface area contributed by atoms with Gasteiger partial charge in [0.15, 0.2) is 0 Å². The molecule has 7 heteroatoms. The summed E-state index contributed by atoms with van der Waals surface area (Å²) in [6.45, 7) is 1.28. The number of nitro groups is 1. The number of anilines is 1. The summed E-state index contributed by atoms with van der Waals surface area (Å²) in [6, 6.07) is 4.34. The largest absolute Gasteiger partial charge is 0.447 e. The number of aliphatic hydroxyl groups is 1. The summed E-state index contributed by atoms with van der Waals surface area (Å²) in [6.07, 6.45) is -0.840. The molecule has 92 valence electrons. The molecule has 7 nitrogen and oxygen atoms in total.